The van der Waals surface area contributed by atoms with E-state index in [4.69, 9.17) is 4.74 Å². The molecule has 0 aliphatic heterocycles. The molecule has 0 amide bonds. The summed E-state index contributed by atoms with van der Waals surface area (Å²) in [5.41, 5.74) is 0. The molecule has 0 N–H and O–H groups in total. The molecular weight excluding hydrogens is 240 g/mol. The maximum absolute atomic E-state index is 10.9. The van der Waals surface area contributed by atoms with Gasteiger partial charge in [0.15, 0.2) is 0 Å². The number of ether oxygens (including phenoxy) is 1. The van der Waals surface area contributed by atoms with Gasteiger partial charge in [-0.1, -0.05) is 0 Å². The maximum atomic E-state index is 10.9. The molecule has 0 unspecified atom stereocenters. The van der Waals surface area contributed by atoms with Gasteiger partial charge in [0.1, 0.15) is 0 Å². The second-order valence-electron chi connectivity index (χ2n) is 2.81. The van der Waals surface area contributed by atoms with Crippen molar-refractivity contribution < 1.29 is 32.0 Å². The molecule has 0 aromatic heterocycles. The van der Waals surface area contributed by atoms with E-state index in [0.717, 1.165) is 6.42 Å². The molecule has 1 aliphatic carbocycles. The van der Waals surface area contributed by atoms with Crippen molar-refractivity contribution in [2.75, 3.05) is 7.11 Å². The molecule has 0 bridgehead atoms. The van der Waals surface area contributed by atoms with Crippen LogP contribution in [0, 0.1) is 0 Å². The molecule has 0 aromatic carbocycles. The molecule has 0 saturated heterocycles. The molecule has 1 rings (SSSR count). The molecule has 0 fully saturated rings. The number of carbonyl (C=O) groups is 3. The Bertz CT molecular complexity index is 322. The summed E-state index contributed by atoms with van der Waals surface area (Å²) in [5, 5.41) is 1.46. The van der Waals surface area contributed by atoms with E-state index >= 15 is 0 Å². The first-order valence-electron chi connectivity index (χ1n) is 4.24. The van der Waals surface area contributed by atoms with E-state index in [0.29, 0.717) is 32.2 Å². The van der Waals surface area contributed by atoms with Gasteiger partial charge in [0.25, 0.3) is 0 Å². The Labute approximate surface area is 90.2 Å². The third kappa shape index (κ3) is 2.08. The van der Waals surface area contributed by atoms with Gasteiger partial charge in [-0.15, -0.1) is 0 Å². The summed E-state index contributed by atoms with van der Waals surface area (Å²) >= 11 is -3.08. The van der Waals surface area contributed by atoms with Crippen molar-refractivity contribution in [2.24, 2.45) is 0 Å². The van der Waals surface area contributed by atoms with Gasteiger partial charge in [0.2, 0.25) is 0 Å². The van der Waals surface area contributed by atoms with Gasteiger partial charge < -0.3 is 0 Å². The van der Waals surface area contributed by atoms with Crippen LogP contribution in [0.2, 0.25) is 0 Å². The fourth-order valence-electron chi connectivity index (χ4n) is 1.30. The van der Waals surface area contributed by atoms with Crippen molar-refractivity contribution in [1.82, 2.24) is 0 Å². The minimum atomic E-state index is -3.08. The predicted molar refractivity (Wildman–Crippen MR) is 52.7 cm³/mol. The van der Waals surface area contributed by atoms with Crippen LogP contribution in [-0.4, -0.2) is 22.7 Å². The van der Waals surface area contributed by atoms with Crippen molar-refractivity contribution in [3.8, 4) is 0 Å². The quantitative estimate of drug-likeness (QED) is 0.539. The normalized spacial score (nSPS) is 17.1. The zero-order valence-corrected chi connectivity index (χ0v) is 9.39. The van der Waals surface area contributed by atoms with E-state index in [1.807, 2.05) is 6.08 Å². The standard InChI is InChI=1S/C7H9O.3CHO.Fe/c1-8-7-5-3-2-4-6-7;3*1-2;/h3,5H,2,4H2,1H3;3*1H;. The van der Waals surface area contributed by atoms with Crippen LogP contribution in [0.25, 0.3) is 0 Å². The van der Waals surface area contributed by atoms with Gasteiger partial charge in [-0.3, -0.25) is 0 Å². The molecule has 0 atom stereocenters. The molecule has 0 saturated carbocycles. The molecule has 15 heavy (non-hydrogen) atoms. The summed E-state index contributed by atoms with van der Waals surface area (Å²) in [6.07, 6.45) is 4.85. The van der Waals surface area contributed by atoms with Crippen molar-refractivity contribution in [3.05, 3.63) is 22.4 Å². The summed E-state index contributed by atoms with van der Waals surface area (Å²) in [4.78, 5) is 32.8. The fraction of sp³-hybridized carbons (Fsp3) is 0.300. The van der Waals surface area contributed by atoms with Crippen LogP contribution < -0.4 is 0 Å². The average Bonchev–Trinajstić information content (AvgIpc) is 2.33. The van der Waals surface area contributed by atoms with E-state index < -0.39 is 12.8 Å². The first-order chi connectivity index (χ1) is 7.24. The Kier molecular flexibility index (Phi) is 4.00. The Morgan fingerprint density at radius 1 is 1.27 bits per heavy atom. The molecule has 4 nitrogen and oxygen atoms in total. The third-order valence-corrected chi connectivity index (χ3v) is 5.05. The van der Waals surface area contributed by atoms with Crippen LogP contribution in [0.3, 0.4) is 0 Å². The minimum absolute atomic E-state index is 0.479. The van der Waals surface area contributed by atoms with E-state index in [1.54, 1.807) is 6.08 Å². The van der Waals surface area contributed by atoms with Gasteiger partial charge in [0, 0.05) is 0 Å². The van der Waals surface area contributed by atoms with Crippen LogP contribution >= 0.6 is 0 Å². The summed E-state index contributed by atoms with van der Waals surface area (Å²) in [6.45, 7) is 0. The monoisotopic (exact) mass is 252 g/mol. The molecule has 5 heteroatoms. The fourth-order valence-corrected chi connectivity index (χ4v) is 3.27. The van der Waals surface area contributed by atoms with Crippen LogP contribution in [0.4, 0.5) is 0 Å². The van der Waals surface area contributed by atoms with E-state index in [1.165, 1.54) is 7.11 Å². The van der Waals surface area contributed by atoms with Crippen molar-refractivity contribution in [1.29, 1.82) is 0 Å². The Balaban J connectivity index is 3.27. The number of carbonyl (C=O) groups excluding carboxylic acids is 3. The van der Waals surface area contributed by atoms with Gasteiger partial charge in [-0.2, -0.15) is 0 Å². The second-order valence-corrected chi connectivity index (χ2v) is 6.32. The number of hydrogen-bond donors (Lipinski definition) is 0. The molecule has 0 spiro atoms. The SMILES string of the molecule is COC1=[C]([Fe]([CH]=O)([CH]=O)[CH]=O)CCC=C1. The summed E-state index contributed by atoms with van der Waals surface area (Å²) in [5.74, 6) is 0.479. The second kappa shape index (κ2) is 5.05. The van der Waals surface area contributed by atoms with Crippen molar-refractivity contribution in [2.45, 2.75) is 12.8 Å². The number of rotatable bonds is 5. The van der Waals surface area contributed by atoms with Gasteiger partial charge in [-0.05, 0) is 0 Å². The molecule has 0 aromatic rings. The number of allylic oxidation sites excluding steroid dienone is 3. The van der Waals surface area contributed by atoms with Crippen LogP contribution in [-0.2, 0) is 32.0 Å². The number of hydrogen-bond acceptors (Lipinski definition) is 4. The van der Waals surface area contributed by atoms with E-state index in [2.05, 4.69) is 0 Å². The Morgan fingerprint density at radius 2 is 1.87 bits per heavy atom. The zero-order valence-electron chi connectivity index (χ0n) is 8.29. The Hall–Kier alpha value is -1.19. The van der Waals surface area contributed by atoms with E-state index in [9.17, 15) is 14.4 Å². The van der Waals surface area contributed by atoms with Gasteiger partial charge in [0.05, 0.1) is 0 Å². The molecular formula is C10H12FeO4. The molecule has 0 heterocycles. The average molecular weight is 252 g/mol. The molecule has 84 valence electrons. The summed E-state index contributed by atoms with van der Waals surface area (Å²) in [7, 11) is 1.46. The Morgan fingerprint density at radius 3 is 2.33 bits per heavy atom. The zero-order chi connectivity index (χ0) is 11.3. The first kappa shape index (κ1) is 11.9. The predicted octanol–water partition coefficient (Wildman–Crippen LogP) is 0.919. The van der Waals surface area contributed by atoms with Crippen LogP contribution in [0.5, 0.6) is 0 Å². The topological polar surface area (TPSA) is 60.4 Å². The van der Waals surface area contributed by atoms with Crippen molar-refractivity contribution in [3.63, 3.8) is 0 Å². The van der Waals surface area contributed by atoms with Crippen LogP contribution in [0.15, 0.2) is 22.4 Å². The van der Waals surface area contributed by atoms with Crippen LogP contribution in [0.1, 0.15) is 12.8 Å². The summed E-state index contributed by atoms with van der Waals surface area (Å²) in [6, 6.07) is 0. The van der Waals surface area contributed by atoms with E-state index in [-0.39, 0.29) is 0 Å². The van der Waals surface area contributed by atoms with Gasteiger partial charge >= 0.3 is 89.9 Å². The van der Waals surface area contributed by atoms with Crippen molar-refractivity contribution >= 4 is 15.6 Å². The molecule has 0 radical (unpaired) electrons. The molecule has 1 aliphatic rings. The third-order valence-electron chi connectivity index (χ3n) is 2.06. The summed E-state index contributed by atoms with van der Waals surface area (Å²) < 4.78 is 5.63. The number of methoxy groups -OCH3 is 1. The first-order valence-corrected chi connectivity index (χ1v) is 6.71. The van der Waals surface area contributed by atoms with Gasteiger partial charge in [-0.25, -0.2) is 0 Å².